The molecule has 0 heterocycles. The van der Waals surface area contributed by atoms with Gasteiger partial charge in [0, 0.05) is 10.9 Å². The highest BCUT2D eigenvalue weighted by Crippen LogP contribution is 2.29. The van der Waals surface area contributed by atoms with Crippen LogP contribution < -0.4 is 9.47 Å². The molecule has 0 aromatic heterocycles. The first kappa shape index (κ1) is 21.0. The van der Waals surface area contributed by atoms with Gasteiger partial charge >= 0.3 is 5.97 Å². The van der Waals surface area contributed by atoms with Crippen molar-refractivity contribution in [3.05, 3.63) is 56.0 Å². The van der Waals surface area contributed by atoms with Crippen molar-refractivity contribution in [3.63, 3.8) is 0 Å². The zero-order valence-corrected chi connectivity index (χ0v) is 18.7. The molecule has 5 heteroatoms. The number of benzene rings is 2. The number of ether oxygens (including phenoxy) is 2. The summed E-state index contributed by atoms with van der Waals surface area (Å²) in [5, 5.41) is 0. The van der Waals surface area contributed by atoms with Crippen molar-refractivity contribution in [2.45, 2.75) is 46.5 Å². The molecule has 0 aliphatic heterocycles. The van der Waals surface area contributed by atoms with Gasteiger partial charge in [0.25, 0.3) is 0 Å². The van der Waals surface area contributed by atoms with Gasteiger partial charge in [-0.05, 0) is 83.1 Å². The van der Waals surface area contributed by atoms with E-state index in [0.717, 1.165) is 25.8 Å². The van der Waals surface area contributed by atoms with Gasteiger partial charge in [0.1, 0.15) is 11.5 Å². The highest BCUT2D eigenvalue weighted by Gasteiger charge is 2.11. The third-order valence-electron chi connectivity index (χ3n) is 4.05. The van der Waals surface area contributed by atoms with Crippen LogP contribution in [0, 0.1) is 13.8 Å². The maximum Gasteiger partial charge on any atom is 0.311 e. The van der Waals surface area contributed by atoms with Gasteiger partial charge in [-0.15, -0.1) is 0 Å². The lowest BCUT2D eigenvalue weighted by Crippen LogP contribution is -2.11. The molecule has 0 saturated carbocycles. The Bertz CT molecular complexity index is 762. The molecule has 26 heavy (non-hydrogen) atoms. The van der Waals surface area contributed by atoms with Crippen molar-refractivity contribution in [1.29, 1.82) is 0 Å². The molecule has 0 radical (unpaired) electrons. The molecule has 0 unspecified atom stereocenters. The van der Waals surface area contributed by atoms with Crippen molar-refractivity contribution < 1.29 is 14.3 Å². The van der Waals surface area contributed by atoms with Gasteiger partial charge in [0.2, 0.25) is 0 Å². The van der Waals surface area contributed by atoms with E-state index >= 15 is 0 Å². The monoisotopic (exact) mass is 482 g/mol. The Morgan fingerprint density at radius 3 is 2.31 bits per heavy atom. The van der Waals surface area contributed by atoms with Crippen LogP contribution in [0.2, 0.25) is 0 Å². The zero-order valence-electron chi connectivity index (χ0n) is 15.6. The van der Waals surface area contributed by atoms with E-state index in [1.807, 2.05) is 32.0 Å². The maximum atomic E-state index is 12.1. The van der Waals surface area contributed by atoms with Gasteiger partial charge < -0.3 is 9.47 Å². The summed E-state index contributed by atoms with van der Waals surface area (Å²) < 4.78 is 13.2. The number of carbonyl (C=O) groups excluding carboxylic acids is 1. The molecular weight excluding hydrogens is 460 g/mol. The molecule has 0 fully saturated rings. The number of esters is 1. The minimum atomic E-state index is -0.239. The number of carbonyl (C=O) groups is 1. The van der Waals surface area contributed by atoms with E-state index in [1.54, 1.807) is 0 Å². The SMILES string of the molecule is Cc1cc(Br)cc(C)c1OC(=O)CCCOc1ccc(C(C)C)cc1Br. The Kier molecular flexibility index (Phi) is 7.71. The number of aryl methyl sites for hydroxylation is 2. The molecule has 2 rings (SSSR count). The number of hydrogen-bond acceptors (Lipinski definition) is 3. The second kappa shape index (κ2) is 9.56. The second-order valence-corrected chi connectivity index (χ2v) is 8.41. The highest BCUT2D eigenvalue weighted by molar-refractivity contribution is 9.10. The Balaban J connectivity index is 1.82. The van der Waals surface area contributed by atoms with E-state index in [4.69, 9.17) is 9.47 Å². The number of halogens is 2. The zero-order chi connectivity index (χ0) is 19.3. The fraction of sp³-hybridized carbons (Fsp3) is 0.381. The van der Waals surface area contributed by atoms with Crippen molar-refractivity contribution in [2.24, 2.45) is 0 Å². The van der Waals surface area contributed by atoms with E-state index in [9.17, 15) is 4.79 Å². The molecule has 0 N–H and O–H groups in total. The van der Waals surface area contributed by atoms with Crippen molar-refractivity contribution in [1.82, 2.24) is 0 Å². The fourth-order valence-electron chi connectivity index (χ4n) is 2.62. The van der Waals surface area contributed by atoms with Gasteiger partial charge in [0.15, 0.2) is 0 Å². The smallest absolute Gasteiger partial charge is 0.311 e. The molecule has 2 aromatic carbocycles. The van der Waals surface area contributed by atoms with Crippen LogP contribution in [0.1, 0.15) is 49.3 Å². The van der Waals surface area contributed by atoms with Crippen LogP contribution in [0.15, 0.2) is 39.3 Å². The molecule has 0 aliphatic carbocycles. The summed E-state index contributed by atoms with van der Waals surface area (Å²) in [5.41, 5.74) is 3.14. The molecule has 2 aromatic rings. The molecule has 0 aliphatic rings. The van der Waals surface area contributed by atoms with Crippen molar-refractivity contribution in [3.8, 4) is 11.5 Å². The summed E-state index contributed by atoms with van der Waals surface area (Å²) >= 11 is 6.99. The topological polar surface area (TPSA) is 35.5 Å². The first-order valence-electron chi connectivity index (χ1n) is 8.67. The fourth-order valence-corrected chi connectivity index (χ4v) is 3.81. The summed E-state index contributed by atoms with van der Waals surface area (Å²) in [4.78, 5) is 12.1. The van der Waals surface area contributed by atoms with Crippen LogP contribution in [0.5, 0.6) is 11.5 Å². The predicted octanol–water partition coefficient (Wildman–Crippen LogP) is 6.72. The van der Waals surface area contributed by atoms with Gasteiger partial charge in [-0.2, -0.15) is 0 Å². The van der Waals surface area contributed by atoms with Gasteiger partial charge in [-0.1, -0.05) is 35.8 Å². The highest BCUT2D eigenvalue weighted by atomic mass is 79.9. The van der Waals surface area contributed by atoms with E-state index in [0.29, 0.717) is 31.1 Å². The van der Waals surface area contributed by atoms with E-state index in [1.165, 1.54) is 5.56 Å². The van der Waals surface area contributed by atoms with Crippen LogP contribution >= 0.6 is 31.9 Å². The summed E-state index contributed by atoms with van der Waals surface area (Å²) in [6.45, 7) is 8.64. The average Bonchev–Trinajstić information content (AvgIpc) is 2.55. The lowest BCUT2D eigenvalue weighted by atomic mass is 10.0. The first-order valence-corrected chi connectivity index (χ1v) is 10.3. The molecule has 0 bridgehead atoms. The minimum Gasteiger partial charge on any atom is -0.492 e. The molecule has 3 nitrogen and oxygen atoms in total. The van der Waals surface area contributed by atoms with Gasteiger partial charge in [-0.25, -0.2) is 0 Å². The third kappa shape index (κ3) is 5.85. The second-order valence-electron chi connectivity index (χ2n) is 6.64. The summed E-state index contributed by atoms with van der Waals surface area (Å²) in [7, 11) is 0. The maximum absolute atomic E-state index is 12.1. The van der Waals surface area contributed by atoms with Crippen LogP contribution in [-0.4, -0.2) is 12.6 Å². The summed E-state index contributed by atoms with van der Waals surface area (Å²) in [6.07, 6.45) is 0.919. The Morgan fingerprint density at radius 2 is 1.73 bits per heavy atom. The first-order chi connectivity index (χ1) is 12.3. The van der Waals surface area contributed by atoms with E-state index < -0.39 is 0 Å². The van der Waals surface area contributed by atoms with Crippen LogP contribution in [0.25, 0.3) is 0 Å². The summed E-state index contributed by atoms with van der Waals surface area (Å²) in [6, 6.07) is 9.99. The van der Waals surface area contributed by atoms with Gasteiger partial charge in [-0.3, -0.25) is 4.79 Å². The predicted molar refractivity (Wildman–Crippen MR) is 112 cm³/mol. The largest absolute Gasteiger partial charge is 0.492 e. The average molecular weight is 484 g/mol. The normalized spacial score (nSPS) is 10.9. The Labute approximate surface area is 172 Å². The Morgan fingerprint density at radius 1 is 1.08 bits per heavy atom. The molecule has 0 saturated heterocycles. The number of rotatable bonds is 7. The van der Waals surface area contributed by atoms with Crippen LogP contribution in [0.3, 0.4) is 0 Å². The lowest BCUT2D eigenvalue weighted by Gasteiger charge is -2.12. The molecule has 0 amide bonds. The molecular formula is C21H24Br2O3. The lowest BCUT2D eigenvalue weighted by molar-refractivity contribution is -0.134. The molecule has 0 atom stereocenters. The van der Waals surface area contributed by atoms with Gasteiger partial charge in [0.05, 0.1) is 11.1 Å². The van der Waals surface area contributed by atoms with E-state index in [-0.39, 0.29) is 5.97 Å². The number of hydrogen-bond donors (Lipinski definition) is 0. The minimum absolute atomic E-state index is 0.239. The van der Waals surface area contributed by atoms with Crippen LogP contribution in [0.4, 0.5) is 0 Å². The molecule has 140 valence electrons. The summed E-state index contributed by atoms with van der Waals surface area (Å²) in [5.74, 6) is 1.67. The van der Waals surface area contributed by atoms with Crippen molar-refractivity contribution in [2.75, 3.05) is 6.61 Å². The van der Waals surface area contributed by atoms with Crippen LogP contribution in [-0.2, 0) is 4.79 Å². The van der Waals surface area contributed by atoms with E-state index in [2.05, 4.69) is 57.8 Å². The Hall–Kier alpha value is -1.33. The standard InChI is InChI=1S/C21H24Br2O3/c1-13(2)16-7-8-19(18(23)12-16)25-9-5-6-20(24)26-21-14(3)10-17(22)11-15(21)4/h7-8,10-13H,5-6,9H2,1-4H3. The molecule has 0 spiro atoms. The third-order valence-corrected chi connectivity index (χ3v) is 5.12. The quantitative estimate of drug-likeness (QED) is 0.249. The van der Waals surface area contributed by atoms with Crippen molar-refractivity contribution >= 4 is 37.8 Å².